The molecule has 2 atom stereocenters. The second-order valence-electron chi connectivity index (χ2n) is 7.71. The lowest BCUT2D eigenvalue weighted by Gasteiger charge is -2.35. The van der Waals surface area contributed by atoms with Crippen LogP contribution in [0.25, 0.3) is 0 Å². The van der Waals surface area contributed by atoms with E-state index < -0.39 is 28.1 Å². The molecule has 1 aliphatic heterocycles. The molecular weight excluding hydrogens is 431 g/mol. The maximum Gasteiger partial charge on any atom is 0.264 e. The third-order valence-electron chi connectivity index (χ3n) is 5.37. The van der Waals surface area contributed by atoms with Gasteiger partial charge >= 0.3 is 0 Å². The molecule has 1 aliphatic rings. The van der Waals surface area contributed by atoms with E-state index in [0.717, 1.165) is 11.1 Å². The lowest BCUT2D eigenvalue weighted by molar-refractivity contribution is -0.128. The minimum atomic E-state index is -3.91. The predicted molar refractivity (Wildman–Crippen MR) is 120 cm³/mol. The van der Waals surface area contributed by atoms with Crippen LogP contribution < -0.4 is 14.4 Å². The highest BCUT2D eigenvalue weighted by molar-refractivity contribution is 7.92. The average molecular weight is 455 g/mol. The number of fused-ring (bicyclic) bond motifs is 1. The molecule has 0 radical (unpaired) electrons. The second-order valence-corrected chi connectivity index (χ2v) is 9.57. The number of nitrogens with zero attached hydrogens (tertiary/aromatic N) is 1. The van der Waals surface area contributed by atoms with Crippen molar-refractivity contribution in [3.63, 3.8) is 0 Å². The summed E-state index contributed by atoms with van der Waals surface area (Å²) in [5.74, 6) is -0.513. The molecule has 3 aromatic carbocycles. The Morgan fingerprint density at radius 3 is 2.41 bits per heavy atom. The molecule has 0 spiro atoms. The molecule has 0 saturated heterocycles. The summed E-state index contributed by atoms with van der Waals surface area (Å²) in [6.07, 6.45) is -1.05. The number of nitrogens with one attached hydrogen (secondary N) is 1. The average Bonchev–Trinajstić information content (AvgIpc) is 2.79. The zero-order valence-electron chi connectivity index (χ0n) is 17.7. The molecule has 0 aliphatic carbocycles. The van der Waals surface area contributed by atoms with Crippen LogP contribution in [0.1, 0.15) is 24.1 Å². The fraction of sp³-hybridized carbons (Fsp3) is 0.208. The van der Waals surface area contributed by atoms with Crippen molar-refractivity contribution in [2.45, 2.75) is 30.9 Å². The Kier molecular flexibility index (Phi) is 5.88. The Hall–Kier alpha value is -3.39. The number of anilines is 1. The first-order valence-electron chi connectivity index (χ1n) is 10.2. The molecule has 0 bridgehead atoms. The van der Waals surface area contributed by atoms with Gasteiger partial charge in [0.2, 0.25) is 0 Å². The fourth-order valence-corrected chi connectivity index (χ4v) is 5.02. The number of hydrogen-bond acceptors (Lipinski definition) is 4. The van der Waals surface area contributed by atoms with Crippen molar-refractivity contribution < 1.29 is 22.3 Å². The number of carbonyl (C=O) groups excluding carboxylic acids is 1. The number of carbonyl (C=O) groups is 1. The summed E-state index contributed by atoms with van der Waals surface area (Å²) in [7, 11) is -3.91. The van der Waals surface area contributed by atoms with Crippen LogP contribution in [0.2, 0.25) is 0 Å². The van der Waals surface area contributed by atoms with Gasteiger partial charge in [0, 0.05) is 0 Å². The molecule has 0 fully saturated rings. The van der Waals surface area contributed by atoms with E-state index in [4.69, 9.17) is 4.74 Å². The van der Waals surface area contributed by atoms with E-state index in [1.165, 1.54) is 16.4 Å². The Labute approximate surface area is 186 Å². The highest BCUT2D eigenvalue weighted by Crippen LogP contribution is 2.37. The van der Waals surface area contributed by atoms with Gasteiger partial charge in [-0.05, 0) is 55.8 Å². The van der Waals surface area contributed by atoms with E-state index in [1.807, 2.05) is 6.92 Å². The summed E-state index contributed by atoms with van der Waals surface area (Å²) < 4.78 is 47.1. The molecule has 4 rings (SSSR count). The molecule has 166 valence electrons. The smallest absolute Gasteiger partial charge is 0.264 e. The summed E-state index contributed by atoms with van der Waals surface area (Å²) in [6, 6.07) is 18.7. The van der Waals surface area contributed by atoms with E-state index >= 15 is 0 Å². The minimum absolute atomic E-state index is 0.138. The molecule has 8 heteroatoms. The second kappa shape index (κ2) is 8.63. The molecular formula is C24H23FN2O4S. The number of aryl methyl sites for hydroxylation is 1. The fourth-order valence-electron chi connectivity index (χ4n) is 3.54. The topological polar surface area (TPSA) is 75.7 Å². The highest BCUT2D eigenvalue weighted by atomic mass is 32.2. The van der Waals surface area contributed by atoms with Gasteiger partial charge in [0.05, 0.1) is 23.2 Å². The lowest BCUT2D eigenvalue weighted by Crippen LogP contribution is -2.51. The lowest BCUT2D eigenvalue weighted by atomic mass is 10.1. The number of para-hydroxylation sites is 2. The summed E-state index contributed by atoms with van der Waals surface area (Å²) in [4.78, 5) is 13.1. The first-order chi connectivity index (χ1) is 15.3. The van der Waals surface area contributed by atoms with Crippen LogP contribution in [0, 0.1) is 12.7 Å². The van der Waals surface area contributed by atoms with Crippen LogP contribution in [-0.4, -0.2) is 27.0 Å². The number of benzene rings is 3. The molecule has 3 aromatic rings. The Bertz CT molecular complexity index is 1230. The molecule has 32 heavy (non-hydrogen) atoms. The maximum atomic E-state index is 13.4. The van der Waals surface area contributed by atoms with Crippen molar-refractivity contribution in [1.82, 2.24) is 5.32 Å². The van der Waals surface area contributed by atoms with Crippen molar-refractivity contribution in [2.75, 3.05) is 10.8 Å². The van der Waals surface area contributed by atoms with Gasteiger partial charge in [-0.15, -0.1) is 0 Å². The normalized spacial score (nSPS) is 16.6. The van der Waals surface area contributed by atoms with Gasteiger partial charge in [0.15, 0.2) is 6.10 Å². The molecule has 0 saturated carbocycles. The van der Waals surface area contributed by atoms with Crippen molar-refractivity contribution in [2.24, 2.45) is 0 Å². The van der Waals surface area contributed by atoms with E-state index in [2.05, 4.69) is 5.32 Å². The predicted octanol–water partition coefficient (Wildman–Crippen LogP) is 3.97. The van der Waals surface area contributed by atoms with E-state index in [0.29, 0.717) is 11.4 Å². The molecule has 0 unspecified atom stereocenters. The molecule has 1 heterocycles. The largest absolute Gasteiger partial charge is 0.476 e. The van der Waals surface area contributed by atoms with Gasteiger partial charge in [-0.3, -0.25) is 9.10 Å². The van der Waals surface area contributed by atoms with Crippen LogP contribution in [0.4, 0.5) is 10.1 Å². The summed E-state index contributed by atoms with van der Waals surface area (Å²) in [5, 5.41) is 2.83. The van der Waals surface area contributed by atoms with Crippen LogP contribution in [0.3, 0.4) is 0 Å². The first-order valence-corrected chi connectivity index (χ1v) is 11.6. The number of ether oxygens (including phenoxy) is 1. The van der Waals surface area contributed by atoms with Gasteiger partial charge in [-0.1, -0.05) is 42.0 Å². The number of halogens is 1. The zero-order chi connectivity index (χ0) is 22.9. The van der Waals surface area contributed by atoms with Crippen molar-refractivity contribution in [3.8, 4) is 5.75 Å². The van der Waals surface area contributed by atoms with Gasteiger partial charge < -0.3 is 10.1 Å². The molecule has 1 amide bonds. The van der Waals surface area contributed by atoms with Crippen molar-refractivity contribution in [1.29, 1.82) is 0 Å². The zero-order valence-corrected chi connectivity index (χ0v) is 18.5. The molecule has 6 nitrogen and oxygen atoms in total. The van der Waals surface area contributed by atoms with Crippen LogP contribution in [0.5, 0.6) is 5.75 Å². The minimum Gasteiger partial charge on any atom is -0.476 e. The third kappa shape index (κ3) is 4.31. The number of sulfonamides is 1. The quantitative estimate of drug-likeness (QED) is 0.633. The Morgan fingerprint density at radius 1 is 1.06 bits per heavy atom. The SMILES string of the molecule is Cc1ccc(S(=O)(=O)N2C[C@H](C(=O)N[C@@H](C)c3ccc(F)cc3)Oc3ccccc32)cc1. The van der Waals surface area contributed by atoms with E-state index in [1.54, 1.807) is 67.6 Å². The molecule has 1 N–H and O–H groups in total. The number of amides is 1. The van der Waals surface area contributed by atoms with Gasteiger partial charge in [0.25, 0.3) is 15.9 Å². The number of rotatable bonds is 5. The maximum absolute atomic E-state index is 13.4. The summed E-state index contributed by atoms with van der Waals surface area (Å²) in [5.41, 5.74) is 2.04. The highest BCUT2D eigenvalue weighted by Gasteiger charge is 2.37. The summed E-state index contributed by atoms with van der Waals surface area (Å²) in [6.45, 7) is 3.47. The Balaban J connectivity index is 1.61. The van der Waals surface area contributed by atoms with Gasteiger partial charge in [0.1, 0.15) is 11.6 Å². The Morgan fingerprint density at radius 2 is 1.72 bits per heavy atom. The van der Waals surface area contributed by atoms with E-state index in [9.17, 15) is 17.6 Å². The van der Waals surface area contributed by atoms with Gasteiger partial charge in [-0.25, -0.2) is 12.8 Å². The first kappa shape index (κ1) is 21.8. The number of hydrogen-bond donors (Lipinski definition) is 1. The van der Waals surface area contributed by atoms with E-state index in [-0.39, 0.29) is 17.3 Å². The summed E-state index contributed by atoms with van der Waals surface area (Å²) >= 11 is 0. The van der Waals surface area contributed by atoms with Crippen molar-refractivity contribution >= 4 is 21.6 Å². The monoisotopic (exact) mass is 454 g/mol. The molecule has 0 aromatic heterocycles. The third-order valence-corrected chi connectivity index (χ3v) is 7.16. The standard InChI is InChI=1S/C24H23FN2O4S/c1-16-7-13-20(14-8-16)32(29,30)27-15-23(31-22-6-4-3-5-21(22)27)24(28)26-17(2)18-9-11-19(25)12-10-18/h3-14,17,23H,15H2,1-2H3,(H,26,28)/t17-,23+/m0/s1. The van der Waals surface area contributed by atoms with Crippen molar-refractivity contribution in [3.05, 3.63) is 89.7 Å². The van der Waals surface area contributed by atoms with Crippen LogP contribution in [0.15, 0.2) is 77.7 Å². The van der Waals surface area contributed by atoms with Gasteiger partial charge in [-0.2, -0.15) is 0 Å². The van der Waals surface area contributed by atoms with Crippen LogP contribution >= 0.6 is 0 Å². The van der Waals surface area contributed by atoms with Crippen LogP contribution in [-0.2, 0) is 14.8 Å².